The predicted molar refractivity (Wildman–Crippen MR) is 68.7 cm³/mol. The van der Waals surface area contributed by atoms with Crippen molar-refractivity contribution < 1.29 is 5.21 Å². The number of nitrogens with zero attached hydrogens (tertiary/aromatic N) is 3. The highest BCUT2D eigenvalue weighted by Crippen LogP contribution is 2.22. The summed E-state index contributed by atoms with van der Waals surface area (Å²) >= 11 is 0. The molecule has 0 saturated carbocycles. The Balaban J connectivity index is 2.07. The molecule has 18 heavy (non-hydrogen) atoms. The van der Waals surface area contributed by atoms with Crippen LogP contribution in [0, 0.1) is 0 Å². The zero-order valence-electron chi connectivity index (χ0n) is 9.87. The van der Waals surface area contributed by atoms with E-state index >= 15 is 0 Å². The first kappa shape index (κ1) is 10.9. The van der Waals surface area contributed by atoms with Crippen LogP contribution in [-0.2, 0) is 6.42 Å². The highest BCUT2D eigenvalue weighted by molar-refractivity contribution is 6.01. The van der Waals surface area contributed by atoms with Gasteiger partial charge in [0.1, 0.15) is 0 Å². The summed E-state index contributed by atoms with van der Waals surface area (Å²) in [6.45, 7) is 0. The van der Waals surface area contributed by atoms with E-state index in [0.29, 0.717) is 5.71 Å². The molecule has 2 aromatic rings. The van der Waals surface area contributed by atoms with E-state index in [1.54, 1.807) is 6.20 Å². The van der Waals surface area contributed by atoms with Crippen molar-refractivity contribution in [3.8, 4) is 11.4 Å². The van der Waals surface area contributed by atoms with Crippen LogP contribution in [-0.4, -0.2) is 20.9 Å². The molecule has 90 valence electrons. The minimum Gasteiger partial charge on any atom is -0.411 e. The molecule has 0 spiro atoms. The summed E-state index contributed by atoms with van der Waals surface area (Å²) < 4.78 is 0. The predicted octanol–water partition coefficient (Wildman–Crippen LogP) is 2.66. The monoisotopic (exact) mass is 239 g/mol. The summed E-state index contributed by atoms with van der Waals surface area (Å²) in [6, 6.07) is 9.90. The molecule has 1 aromatic carbocycles. The van der Waals surface area contributed by atoms with Crippen molar-refractivity contribution in [3.63, 3.8) is 0 Å². The third-order valence-electron chi connectivity index (χ3n) is 3.16. The molecule has 0 fully saturated rings. The van der Waals surface area contributed by atoms with E-state index in [4.69, 9.17) is 5.21 Å². The molecule has 0 atom stereocenters. The normalized spacial score (nSPS) is 16.6. The lowest BCUT2D eigenvalue weighted by atomic mass is 9.95. The second-order valence-electron chi connectivity index (χ2n) is 4.32. The molecule has 0 unspecified atom stereocenters. The van der Waals surface area contributed by atoms with E-state index in [9.17, 15) is 0 Å². The zero-order valence-corrected chi connectivity index (χ0v) is 9.87. The highest BCUT2D eigenvalue weighted by Gasteiger charge is 2.18. The maximum absolute atomic E-state index is 8.96. The van der Waals surface area contributed by atoms with Crippen molar-refractivity contribution in [3.05, 3.63) is 47.8 Å². The average molecular weight is 239 g/mol. The van der Waals surface area contributed by atoms with Crippen molar-refractivity contribution in [2.24, 2.45) is 5.16 Å². The Morgan fingerprint density at radius 1 is 1.11 bits per heavy atom. The second kappa shape index (κ2) is 4.56. The molecular formula is C14H13N3O. The van der Waals surface area contributed by atoms with Gasteiger partial charge in [-0.1, -0.05) is 35.5 Å². The fourth-order valence-electron chi connectivity index (χ4n) is 2.24. The van der Waals surface area contributed by atoms with Crippen molar-refractivity contribution >= 4 is 5.71 Å². The van der Waals surface area contributed by atoms with Gasteiger partial charge in [-0.3, -0.25) is 0 Å². The number of fused-ring (bicyclic) bond motifs is 1. The van der Waals surface area contributed by atoms with Gasteiger partial charge in [0.05, 0.1) is 11.4 Å². The maximum Gasteiger partial charge on any atom is 0.159 e. The van der Waals surface area contributed by atoms with Crippen LogP contribution >= 0.6 is 0 Å². The summed E-state index contributed by atoms with van der Waals surface area (Å²) in [5, 5.41) is 12.3. The Labute approximate surface area is 105 Å². The Hall–Kier alpha value is -2.23. The Kier molecular flexibility index (Phi) is 2.76. The largest absolute Gasteiger partial charge is 0.411 e. The lowest BCUT2D eigenvalue weighted by Crippen LogP contribution is -2.14. The van der Waals surface area contributed by atoms with Crippen LogP contribution in [0.2, 0.25) is 0 Å². The Morgan fingerprint density at radius 2 is 1.94 bits per heavy atom. The minimum atomic E-state index is 0.691. The van der Waals surface area contributed by atoms with Gasteiger partial charge in [-0.15, -0.1) is 0 Å². The lowest BCUT2D eigenvalue weighted by Gasteiger charge is -2.15. The molecule has 0 bridgehead atoms. The summed E-state index contributed by atoms with van der Waals surface area (Å²) in [6.07, 6.45) is 4.44. The van der Waals surface area contributed by atoms with Gasteiger partial charge in [0, 0.05) is 17.3 Å². The number of oxime groups is 1. The van der Waals surface area contributed by atoms with E-state index in [-0.39, 0.29) is 0 Å². The van der Waals surface area contributed by atoms with E-state index in [1.807, 2.05) is 30.3 Å². The number of hydrogen-bond donors (Lipinski definition) is 1. The van der Waals surface area contributed by atoms with Crippen LogP contribution in [0.25, 0.3) is 11.4 Å². The molecule has 0 radical (unpaired) electrons. The van der Waals surface area contributed by atoms with Gasteiger partial charge >= 0.3 is 0 Å². The molecule has 1 N–H and O–H groups in total. The molecule has 3 rings (SSSR count). The number of aromatic nitrogens is 2. The molecule has 1 aliphatic rings. The second-order valence-corrected chi connectivity index (χ2v) is 4.32. The van der Waals surface area contributed by atoms with Gasteiger partial charge in [-0.25, -0.2) is 9.97 Å². The first-order chi connectivity index (χ1) is 8.88. The molecule has 0 amide bonds. The van der Waals surface area contributed by atoms with Crippen molar-refractivity contribution in [1.29, 1.82) is 0 Å². The highest BCUT2D eigenvalue weighted by atomic mass is 16.4. The van der Waals surface area contributed by atoms with Gasteiger partial charge in [-0.2, -0.15) is 0 Å². The van der Waals surface area contributed by atoms with Crippen molar-refractivity contribution in [2.45, 2.75) is 19.3 Å². The van der Waals surface area contributed by atoms with E-state index < -0.39 is 0 Å². The molecule has 0 saturated heterocycles. The van der Waals surface area contributed by atoms with Crippen molar-refractivity contribution in [1.82, 2.24) is 9.97 Å². The fourth-order valence-corrected chi connectivity index (χ4v) is 2.24. The van der Waals surface area contributed by atoms with E-state index in [1.165, 1.54) is 0 Å². The van der Waals surface area contributed by atoms with Gasteiger partial charge in [0.2, 0.25) is 0 Å². The van der Waals surface area contributed by atoms with E-state index in [2.05, 4.69) is 15.1 Å². The summed E-state index contributed by atoms with van der Waals surface area (Å²) in [4.78, 5) is 8.94. The van der Waals surface area contributed by atoms with Crippen LogP contribution < -0.4 is 0 Å². The first-order valence-corrected chi connectivity index (χ1v) is 6.01. The molecular weight excluding hydrogens is 226 g/mol. The van der Waals surface area contributed by atoms with Crippen LogP contribution in [0.1, 0.15) is 24.1 Å². The van der Waals surface area contributed by atoms with Crippen LogP contribution in [0.3, 0.4) is 0 Å². The fraction of sp³-hybridized carbons (Fsp3) is 0.214. The van der Waals surface area contributed by atoms with Gasteiger partial charge in [-0.05, 0) is 19.3 Å². The third kappa shape index (κ3) is 1.86. The standard InChI is InChI=1S/C14H13N3O/c18-17-13-8-4-7-12-11(13)9-15-14(16-12)10-5-2-1-3-6-10/h1-3,5-6,9,18H,4,7-8H2/b17-13-. The summed E-state index contributed by atoms with van der Waals surface area (Å²) in [5.74, 6) is 0.730. The van der Waals surface area contributed by atoms with Crippen LogP contribution in [0.15, 0.2) is 41.7 Å². The first-order valence-electron chi connectivity index (χ1n) is 6.01. The number of rotatable bonds is 1. The van der Waals surface area contributed by atoms with Gasteiger partial charge in [0.15, 0.2) is 5.82 Å². The summed E-state index contributed by atoms with van der Waals surface area (Å²) in [7, 11) is 0. The Bertz CT molecular complexity index is 593. The molecule has 1 aliphatic carbocycles. The molecule has 0 aliphatic heterocycles. The SMILES string of the molecule is O/N=C1/CCCc2nc(-c3ccccc3)ncc21. The molecule has 1 heterocycles. The van der Waals surface area contributed by atoms with Crippen LogP contribution in [0.4, 0.5) is 0 Å². The summed E-state index contributed by atoms with van der Waals surface area (Å²) in [5.41, 5.74) is 3.55. The molecule has 4 heteroatoms. The zero-order chi connectivity index (χ0) is 12.4. The molecule has 4 nitrogen and oxygen atoms in total. The lowest BCUT2D eigenvalue weighted by molar-refractivity contribution is 0.317. The number of hydrogen-bond acceptors (Lipinski definition) is 4. The minimum absolute atomic E-state index is 0.691. The number of benzene rings is 1. The Morgan fingerprint density at radius 3 is 2.72 bits per heavy atom. The van der Waals surface area contributed by atoms with Crippen LogP contribution in [0.5, 0.6) is 0 Å². The van der Waals surface area contributed by atoms with Gasteiger partial charge in [0.25, 0.3) is 0 Å². The van der Waals surface area contributed by atoms with Crippen molar-refractivity contribution in [2.75, 3.05) is 0 Å². The third-order valence-corrected chi connectivity index (χ3v) is 3.16. The average Bonchev–Trinajstić information content (AvgIpc) is 2.47. The van der Waals surface area contributed by atoms with E-state index in [0.717, 1.165) is 41.9 Å². The van der Waals surface area contributed by atoms with Gasteiger partial charge < -0.3 is 5.21 Å². The quantitative estimate of drug-likeness (QED) is 0.614. The topological polar surface area (TPSA) is 58.4 Å². The molecule has 1 aromatic heterocycles. The maximum atomic E-state index is 8.96. The number of aryl methyl sites for hydroxylation is 1. The smallest absolute Gasteiger partial charge is 0.159 e.